The van der Waals surface area contributed by atoms with Crippen LogP contribution in [0.5, 0.6) is 17.2 Å². The molecule has 0 aliphatic carbocycles. The van der Waals surface area contributed by atoms with Gasteiger partial charge < -0.3 is 30.6 Å². The lowest BCUT2D eigenvalue weighted by atomic mass is 10.2. The Morgan fingerprint density at radius 3 is 1.20 bits per heavy atom. The topological polar surface area (TPSA) is 173 Å². The molecule has 0 unspecified atom stereocenters. The van der Waals surface area contributed by atoms with E-state index in [-0.39, 0.29) is 0 Å². The summed E-state index contributed by atoms with van der Waals surface area (Å²) < 4.78 is 0. The maximum absolute atomic E-state index is 10.3. The molecule has 30 heavy (non-hydrogen) atoms. The zero-order valence-electron chi connectivity index (χ0n) is 15.3. The normalized spacial score (nSPS) is 9.20. The minimum absolute atomic E-state index is 0.331. The number of phenolic OH excluding ortho intramolecular Hbond substituents is 2. The van der Waals surface area contributed by atoms with Gasteiger partial charge in [0.05, 0.1) is 11.1 Å². The Balaban J connectivity index is 0.000000229. The quantitative estimate of drug-likeness (QED) is 0.352. The van der Waals surface area contributed by atoms with E-state index in [0.29, 0.717) is 11.1 Å². The van der Waals surface area contributed by atoms with Crippen molar-refractivity contribution in [3.63, 3.8) is 0 Å². The van der Waals surface area contributed by atoms with E-state index in [4.69, 9.17) is 30.6 Å². The number of phenols is 3. The Bertz CT molecular complexity index is 950. The van der Waals surface area contributed by atoms with Crippen LogP contribution < -0.4 is 0 Å². The molecular weight excluding hydrogens is 396 g/mol. The summed E-state index contributed by atoms with van der Waals surface area (Å²) in [5.74, 6) is -5.34. The van der Waals surface area contributed by atoms with Crippen LogP contribution in [-0.2, 0) is 0 Å². The summed E-state index contributed by atoms with van der Waals surface area (Å²) in [6, 6.07) is 18.6. The molecule has 0 saturated carbocycles. The van der Waals surface area contributed by atoms with Gasteiger partial charge in [-0.3, -0.25) is 0 Å². The van der Waals surface area contributed by atoms with Crippen LogP contribution in [0.15, 0.2) is 72.8 Å². The van der Waals surface area contributed by atoms with Gasteiger partial charge in [0.25, 0.3) is 0 Å². The van der Waals surface area contributed by atoms with E-state index in [9.17, 15) is 14.4 Å². The van der Waals surface area contributed by atoms with Gasteiger partial charge in [0.2, 0.25) is 5.75 Å². The molecule has 9 nitrogen and oxygen atoms in total. The average molecular weight is 414 g/mol. The second kappa shape index (κ2) is 11.3. The molecule has 0 fully saturated rings. The highest BCUT2D eigenvalue weighted by Crippen LogP contribution is 2.36. The summed E-state index contributed by atoms with van der Waals surface area (Å²) in [7, 11) is 0. The van der Waals surface area contributed by atoms with Gasteiger partial charge in [-0.1, -0.05) is 36.4 Å². The van der Waals surface area contributed by atoms with Crippen molar-refractivity contribution in [2.75, 3.05) is 0 Å². The largest absolute Gasteiger partial charge is 0.504 e. The van der Waals surface area contributed by atoms with Crippen molar-refractivity contribution in [1.82, 2.24) is 0 Å². The van der Waals surface area contributed by atoms with Gasteiger partial charge in [-0.2, -0.15) is 0 Å². The van der Waals surface area contributed by atoms with Crippen molar-refractivity contribution in [2.24, 2.45) is 0 Å². The summed E-state index contributed by atoms with van der Waals surface area (Å²) in [5.41, 5.74) is 0.209. The molecule has 3 aromatic rings. The summed E-state index contributed by atoms with van der Waals surface area (Å²) in [6.45, 7) is 0. The summed E-state index contributed by atoms with van der Waals surface area (Å²) >= 11 is 0. The molecule has 0 amide bonds. The first-order valence-electron chi connectivity index (χ1n) is 8.19. The minimum atomic E-state index is -1.37. The lowest BCUT2D eigenvalue weighted by Gasteiger charge is -2.02. The standard InChI is InChI=1S/C7H6O5.2C7H6O2/c8-4-2-1-3(7(11)12)5(9)6(4)10;2*8-7(9)6-4-2-1-3-5-6/h1-2,8-10H,(H,11,12);2*1-5H,(H,8,9). The predicted octanol–water partition coefficient (Wildman–Crippen LogP) is 3.27. The number of hydrogen-bond donors (Lipinski definition) is 6. The molecule has 0 saturated heterocycles. The minimum Gasteiger partial charge on any atom is -0.504 e. The van der Waals surface area contributed by atoms with Gasteiger partial charge in [0.15, 0.2) is 11.5 Å². The number of benzene rings is 3. The van der Waals surface area contributed by atoms with Crippen LogP contribution in [0, 0.1) is 0 Å². The number of aromatic carboxylic acids is 3. The van der Waals surface area contributed by atoms with Crippen LogP contribution in [0.4, 0.5) is 0 Å². The Labute approximate surface area is 170 Å². The average Bonchev–Trinajstić information content (AvgIpc) is 2.74. The number of rotatable bonds is 3. The smallest absolute Gasteiger partial charge is 0.339 e. The third-order valence-electron chi connectivity index (χ3n) is 3.40. The highest BCUT2D eigenvalue weighted by atomic mass is 16.4. The molecule has 0 spiro atoms. The molecule has 6 N–H and O–H groups in total. The number of carboxylic acids is 3. The van der Waals surface area contributed by atoms with Crippen LogP contribution in [-0.4, -0.2) is 48.5 Å². The molecule has 0 aromatic heterocycles. The number of aromatic hydroxyl groups is 3. The Kier molecular flexibility index (Phi) is 8.89. The van der Waals surface area contributed by atoms with Crippen molar-refractivity contribution in [3.05, 3.63) is 89.5 Å². The summed E-state index contributed by atoms with van der Waals surface area (Å²) in [4.78, 5) is 30.7. The van der Waals surface area contributed by atoms with Crippen LogP contribution >= 0.6 is 0 Å². The summed E-state index contributed by atoms with van der Waals surface area (Å²) in [5, 5.41) is 51.8. The van der Waals surface area contributed by atoms with Gasteiger partial charge in [0, 0.05) is 0 Å². The van der Waals surface area contributed by atoms with E-state index in [1.807, 2.05) is 0 Å². The zero-order chi connectivity index (χ0) is 22.7. The Morgan fingerprint density at radius 1 is 0.500 bits per heavy atom. The zero-order valence-corrected chi connectivity index (χ0v) is 15.3. The van der Waals surface area contributed by atoms with Crippen LogP contribution in [0.2, 0.25) is 0 Å². The number of hydrogen-bond acceptors (Lipinski definition) is 6. The van der Waals surface area contributed by atoms with E-state index < -0.39 is 40.7 Å². The first-order chi connectivity index (χ1) is 14.1. The first-order valence-corrected chi connectivity index (χ1v) is 8.19. The SMILES string of the molecule is O=C(O)c1ccc(O)c(O)c1O.O=C(O)c1ccccc1.O=C(O)c1ccccc1. The van der Waals surface area contributed by atoms with E-state index in [0.717, 1.165) is 12.1 Å². The molecule has 9 heteroatoms. The molecule has 3 aromatic carbocycles. The second-order valence-corrected chi connectivity index (χ2v) is 5.48. The summed E-state index contributed by atoms with van der Waals surface area (Å²) in [6.07, 6.45) is 0. The molecule has 3 rings (SSSR count). The molecule has 0 aliphatic rings. The Morgan fingerprint density at radius 2 is 0.900 bits per heavy atom. The predicted molar refractivity (Wildman–Crippen MR) is 105 cm³/mol. The monoisotopic (exact) mass is 414 g/mol. The van der Waals surface area contributed by atoms with Gasteiger partial charge in [-0.05, 0) is 36.4 Å². The van der Waals surface area contributed by atoms with E-state index in [2.05, 4.69) is 0 Å². The van der Waals surface area contributed by atoms with Gasteiger partial charge in [0.1, 0.15) is 5.56 Å². The maximum atomic E-state index is 10.3. The molecule has 0 heterocycles. The number of carbonyl (C=O) groups is 3. The molecule has 0 radical (unpaired) electrons. The van der Waals surface area contributed by atoms with Crippen LogP contribution in [0.1, 0.15) is 31.1 Å². The van der Waals surface area contributed by atoms with Crippen molar-refractivity contribution in [3.8, 4) is 17.2 Å². The fourth-order valence-electron chi connectivity index (χ4n) is 1.90. The third-order valence-corrected chi connectivity index (χ3v) is 3.40. The van der Waals surface area contributed by atoms with Gasteiger partial charge >= 0.3 is 17.9 Å². The lowest BCUT2D eigenvalue weighted by Crippen LogP contribution is -1.96. The highest BCUT2D eigenvalue weighted by Gasteiger charge is 2.15. The third kappa shape index (κ3) is 7.24. The van der Waals surface area contributed by atoms with Crippen molar-refractivity contribution < 1.29 is 45.0 Å². The molecule has 156 valence electrons. The van der Waals surface area contributed by atoms with E-state index in [1.165, 1.54) is 0 Å². The first kappa shape index (κ1) is 23.5. The van der Waals surface area contributed by atoms with E-state index in [1.54, 1.807) is 60.7 Å². The molecule has 0 aliphatic heterocycles. The van der Waals surface area contributed by atoms with Crippen molar-refractivity contribution in [1.29, 1.82) is 0 Å². The molecule has 0 bridgehead atoms. The molecule has 0 atom stereocenters. The van der Waals surface area contributed by atoms with Gasteiger partial charge in [-0.15, -0.1) is 0 Å². The van der Waals surface area contributed by atoms with Crippen LogP contribution in [0.25, 0.3) is 0 Å². The molecular formula is C21H18O9. The number of carboxylic acid groups (broad SMARTS) is 3. The second-order valence-electron chi connectivity index (χ2n) is 5.48. The lowest BCUT2D eigenvalue weighted by molar-refractivity contribution is 0.0683. The van der Waals surface area contributed by atoms with Crippen molar-refractivity contribution >= 4 is 17.9 Å². The van der Waals surface area contributed by atoms with Gasteiger partial charge in [-0.25, -0.2) is 14.4 Å². The van der Waals surface area contributed by atoms with Crippen LogP contribution in [0.3, 0.4) is 0 Å². The maximum Gasteiger partial charge on any atom is 0.339 e. The Hall–Kier alpha value is -4.53. The fraction of sp³-hybridized carbons (Fsp3) is 0. The van der Waals surface area contributed by atoms with E-state index >= 15 is 0 Å². The highest BCUT2D eigenvalue weighted by molar-refractivity contribution is 5.92. The van der Waals surface area contributed by atoms with Crippen molar-refractivity contribution in [2.45, 2.75) is 0 Å². The fourth-order valence-corrected chi connectivity index (χ4v) is 1.90.